The van der Waals surface area contributed by atoms with Crippen LogP contribution in [-0.4, -0.2) is 30.1 Å². The Morgan fingerprint density at radius 2 is 2.25 bits per heavy atom. The number of amides is 1. The van der Waals surface area contributed by atoms with Crippen molar-refractivity contribution < 1.29 is 19.4 Å². The average Bonchev–Trinajstić information content (AvgIpc) is 2.36. The number of carbonyl (C=O) groups is 2. The molecule has 0 bridgehead atoms. The van der Waals surface area contributed by atoms with Crippen LogP contribution in [0.3, 0.4) is 0 Å². The normalized spacial score (nSPS) is 9.70. The minimum absolute atomic E-state index is 0.0368. The van der Waals surface area contributed by atoms with Crippen LogP contribution in [0, 0.1) is 14.9 Å². The minimum Gasteiger partial charge on any atom is -0.490 e. The lowest BCUT2D eigenvalue weighted by atomic mass is 10.1. The Balaban J connectivity index is 3.06. The number of carbonyl (C=O) groups excluding carboxylic acids is 1. The molecule has 8 heteroatoms. The van der Waals surface area contributed by atoms with Crippen LogP contribution >= 0.6 is 34.2 Å². The highest BCUT2D eigenvalue weighted by Gasteiger charge is 2.19. The lowest BCUT2D eigenvalue weighted by Gasteiger charge is -2.13. The van der Waals surface area contributed by atoms with E-state index in [1.807, 2.05) is 28.7 Å². The molecule has 0 radical (unpaired) electrons. The van der Waals surface area contributed by atoms with E-state index in [-0.39, 0.29) is 40.8 Å². The number of carboxylic acid groups (broad SMARTS) is 1. The molecule has 0 fully saturated rings. The summed E-state index contributed by atoms with van der Waals surface area (Å²) in [6.45, 7) is 1.46. The van der Waals surface area contributed by atoms with Crippen LogP contribution in [0.15, 0.2) is 6.07 Å². The zero-order chi connectivity index (χ0) is 15.3. The van der Waals surface area contributed by atoms with Gasteiger partial charge in [-0.3, -0.25) is 4.79 Å². The topological polar surface area (TPSA) is 99.4 Å². The third-order valence-electron chi connectivity index (χ3n) is 2.29. The van der Waals surface area contributed by atoms with Crippen molar-refractivity contribution in [1.29, 1.82) is 5.26 Å². The minimum atomic E-state index is -1.16. The van der Waals surface area contributed by atoms with Gasteiger partial charge < -0.3 is 15.2 Å². The SMILES string of the molecule is CC(=O)c1cc(Cl)c(C#N)c(I)c1OCCNC(=O)O. The molecule has 20 heavy (non-hydrogen) atoms. The fourth-order valence-electron chi connectivity index (χ4n) is 1.42. The number of ether oxygens (including phenoxy) is 1. The molecule has 0 aliphatic rings. The van der Waals surface area contributed by atoms with E-state index < -0.39 is 6.09 Å². The number of ketones is 1. The van der Waals surface area contributed by atoms with Gasteiger partial charge in [-0.05, 0) is 35.6 Å². The smallest absolute Gasteiger partial charge is 0.404 e. The monoisotopic (exact) mass is 408 g/mol. The van der Waals surface area contributed by atoms with E-state index in [0.29, 0.717) is 3.57 Å². The van der Waals surface area contributed by atoms with Crippen molar-refractivity contribution in [2.24, 2.45) is 0 Å². The lowest BCUT2D eigenvalue weighted by Crippen LogP contribution is -2.26. The molecule has 0 aliphatic heterocycles. The second-order valence-corrected chi connectivity index (χ2v) is 5.16. The highest BCUT2D eigenvalue weighted by atomic mass is 127. The van der Waals surface area contributed by atoms with Gasteiger partial charge in [0.15, 0.2) is 5.78 Å². The predicted molar refractivity (Wildman–Crippen MR) is 80.4 cm³/mol. The summed E-state index contributed by atoms with van der Waals surface area (Å²) in [6, 6.07) is 3.32. The number of nitrogens with one attached hydrogen (secondary N) is 1. The van der Waals surface area contributed by atoms with Gasteiger partial charge in [0, 0.05) is 0 Å². The quantitative estimate of drug-likeness (QED) is 0.443. The zero-order valence-corrected chi connectivity index (χ0v) is 13.3. The molecule has 6 nitrogen and oxygen atoms in total. The second-order valence-electron chi connectivity index (χ2n) is 3.67. The first-order chi connectivity index (χ1) is 9.38. The molecule has 0 aliphatic carbocycles. The third kappa shape index (κ3) is 3.98. The van der Waals surface area contributed by atoms with Crippen molar-refractivity contribution in [2.45, 2.75) is 6.92 Å². The van der Waals surface area contributed by atoms with Crippen molar-refractivity contribution in [3.8, 4) is 11.8 Å². The lowest BCUT2D eigenvalue weighted by molar-refractivity contribution is 0.101. The maximum Gasteiger partial charge on any atom is 0.404 e. The fourth-order valence-corrected chi connectivity index (χ4v) is 2.68. The van der Waals surface area contributed by atoms with E-state index in [1.54, 1.807) is 0 Å². The van der Waals surface area contributed by atoms with Crippen molar-refractivity contribution in [3.63, 3.8) is 0 Å². The van der Waals surface area contributed by atoms with Crippen LogP contribution in [-0.2, 0) is 0 Å². The van der Waals surface area contributed by atoms with Gasteiger partial charge in [-0.25, -0.2) is 4.79 Å². The Kier molecular flexibility index (Phi) is 6.04. The molecule has 0 atom stereocenters. The van der Waals surface area contributed by atoms with E-state index in [2.05, 4.69) is 5.32 Å². The largest absolute Gasteiger partial charge is 0.490 e. The molecule has 0 saturated carbocycles. The highest BCUT2D eigenvalue weighted by molar-refractivity contribution is 14.1. The molecule has 0 aromatic heterocycles. The number of hydrogen-bond acceptors (Lipinski definition) is 4. The summed E-state index contributed by atoms with van der Waals surface area (Å²) in [7, 11) is 0. The first kappa shape index (κ1) is 16.5. The van der Waals surface area contributed by atoms with Gasteiger partial charge >= 0.3 is 6.09 Å². The summed E-state index contributed by atoms with van der Waals surface area (Å²) < 4.78 is 5.84. The maximum atomic E-state index is 11.6. The van der Waals surface area contributed by atoms with Crippen LogP contribution in [0.5, 0.6) is 5.75 Å². The first-order valence-corrected chi connectivity index (χ1v) is 6.86. The van der Waals surface area contributed by atoms with Gasteiger partial charge in [0.2, 0.25) is 0 Å². The van der Waals surface area contributed by atoms with Gasteiger partial charge in [0.05, 0.1) is 26.3 Å². The standard InChI is InChI=1S/C12H10ClIN2O4/c1-6(17)7-4-9(13)8(5-15)10(14)11(7)20-3-2-16-12(18)19/h4,16H,2-3H2,1H3,(H,18,19). The van der Waals surface area contributed by atoms with E-state index in [0.717, 1.165) is 0 Å². The van der Waals surface area contributed by atoms with Gasteiger partial charge in [0.25, 0.3) is 0 Å². The molecular formula is C12H10ClIN2O4. The summed E-state index contributed by atoms with van der Waals surface area (Å²) in [5, 5.41) is 19.8. The molecule has 106 valence electrons. The van der Waals surface area contributed by atoms with Crippen LogP contribution in [0.4, 0.5) is 4.79 Å². The van der Waals surface area contributed by atoms with Crippen LogP contribution in [0.1, 0.15) is 22.8 Å². The zero-order valence-electron chi connectivity index (χ0n) is 10.4. The number of nitrogens with zero attached hydrogens (tertiary/aromatic N) is 1. The molecule has 1 aromatic carbocycles. The summed E-state index contributed by atoms with van der Waals surface area (Å²) in [5.41, 5.74) is 0.479. The van der Waals surface area contributed by atoms with Gasteiger partial charge in [-0.2, -0.15) is 5.26 Å². The third-order valence-corrected chi connectivity index (χ3v) is 3.62. The number of halogens is 2. The number of benzene rings is 1. The summed E-state index contributed by atoms with van der Waals surface area (Å²) >= 11 is 7.80. The number of rotatable bonds is 5. The molecule has 2 N–H and O–H groups in total. The second kappa shape index (κ2) is 7.31. The van der Waals surface area contributed by atoms with Gasteiger partial charge in [-0.1, -0.05) is 11.6 Å². The molecule has 0 unspecified atom stereocenters. The highest BCUT2D eigenvalue weighted by Crippen LogP contribution is 2.34. The predicted octanol–water partition coefficient (Wildman–Crippen LogP) is 2.67. The fraction of sp³-hybridized carbons (Fsp3) is 0.250. The molecule has 0 heterocycles. The van der Waals surface area contributed by atoms with Crippen LogP contribution in [0.2, 0.25) is 5.02 Å². The number of Topliss-reactive ketones (excluding diaryl/α,β-unsaturated/α-hetero) is 1. The summed E-state index contributed by atoms with van der Waals surface area (Å²) in [4.78, 5) is 21.9. The van der Waals surface area contributed by atoms with Crippen molar-refractivity contribution >= 4 is 46.1 Å². The molecular weight excluding hydrogens is 398 g/mol. The van der Waals surface area contributed by atoms with E-state index in [9.17, 15) is 9.59 Å². The first-order valence-electron chi connectivity index (χ1n) is 5.41. The van der Waals surface area contributed by atoms with E-state index in [4.69, 9.17) is 26.7 Å². The number of hydrogen-bond donors (Lipinski definition) is 2. The maximum absolute atomic E-state index is 11.6. The van der Waals surface area contributed by atoms with Crippen molar-refractivity contribution in [3.05, 3.63) is 25.8 Å². The Bertz CT molecular complexity index is 598. The van der Waals surface area contributed by atoms with Gasteiger partial charge in [-0.15, -0.1) is 0 Å². The Labute approximate surface area is 133 Å². The molecule has 1 aromatic rings. The van der Waals surface area contributed by atoms with Crippen LogP contribution < -0.4 is 10.1 Å². The summed E-state index contributed by atoms with van der Waals surface area (Å²) in [6.07, 6.45) is -1.16. The molecule has 0 saturated heterocycles. The van der Waals surface area contributed by atoms with Gasteiger partial charge in [0.1, 0.15) is 18.4 Å². The van der Waals surface area contributed by atoms with E-state index in [1.165, 1.54) is 13.0 Å². The van der Waals surface area contributed by atoms with Crippen molar-refractivity contribution in [2.75, 3.05) is 13.2 Å². The van der Waals surface area contributed by atoms with Crippen LogP contribution in [0.25, 0.3) is 0 Å². The van der Waals surface area contributed by atoms with E-state index >= 15 is 0 Å². The molecule has 1 rings (SSSR count). The summed E-state index contributed by atoms with van der Waals surface area (Å²) in [5.74, 6) is -0.0123. The average molecular weight is 409 g/mol. The molecule has 1 amide bonds. The Morgan fingerprint density at radius 3 is 2.75 bits per heavy atom. The Hall–Kier alpha value is -1.53. The van der Waals surface area contributed by atoms with Crippen molar-refractivity contribution in [1.82, 2.24) is 5.32 Å². The Morgan fingerprint density at radius 1 is 1.60 bits per heavy atom. The number of nitriles is 1. The molecule has 0 spiro atoms.